The summed E-state index contributed by atoms with van der Waals surface area (Å²) >= 11 is 6.18. The van der Waals surface area contributed by atoms with Gasteiger partial charge in [0.2, 0.25) is 5.91 Å². The average Bonchev–Trinajstić information content (AvgIpc) is 2.78. The molecule has 1 N–H and O–H groups in total. The molecular formula is C24H30ClN3O2. The Morgan fingerprint density at radius 1 is 1.17 bits per heavy atom. The molecule has 1 saturated heterocycles. The second-order valence-corrected chi connectivity index (χ2v) is 8.66. The van der Waals surface area contributed by atoms with Crippen LogP contribution in [0.3, 0.4) is 0 Å². The zero-order valence-electron chi connectivity index (χ0n) is 17.6. The number of halogens is 1. The topological polar surface area (TPSA) is 44.8 Å². The van der Waals surface area contributed by atoms with E-state index >= 15 is 0 Å². The molecule has 0 radical (unpaired) electrons. The number of amides is 1. The molecule has 0 spiro atoms. The largest absolute Gasteiger partial charge is 0.492 e. The Morgan fingerprint density at radius 3 is 2.80 bits per heavy atom. The van der Waals surface area contributed by atoms with Crippen molar-refractivity contribution < 1.29 is 9.53 Å². The number of nitrogens with zero attached hydrogens (tertiary/aromatic N) is 2. The summed E-state index contributed by atoms with van der Waals surface area (Å²) < 4.78 is 5.74. The minimum absolute atomic E-state index is 0.0932. The third-order valence-electron chi connectivity index (χ3n) is 6.08. The number of hydrogen-bond acceptors (Lipinski definition) is 4. The molecule has 1 atom stereocenters. The van der Waals surface area contributed by atoms with Gasteiger partial charge in [-0.15, -0.1) is 0 Å². The van der Waals surface area contributed by atoms with Gasteiger partial charge in [0.05, 0.1) is 5.92 Å². The number of hydrogen-bond donors (Lipinski definition) is 1. The number of nitrogens with one attached hydrogen (secondary N) is 1. The first-order chi connectivity index (χ1) is 14.6. The predicted molar refractivity (Wildman–Crippen MR) is 122 cm³/mol. The number of carbonyl (C=O) groups excluding carboxylic acids is 1. The van der Waals surface area contributed by atoms with Crippen LogP contribution in [0.15, 0.2) is 42.5 Å². The fraction of sp³-hybridized carbons (Fsp3) is 0.458. The van der Waals surface area contributed by atoms with Crippen molar-refractivity contribution in [1.29, 1.82) is 0 Å². The Bertz CT molecular complexity index is 881. The lowest BCUT2D eigenvalue weighted by molar-refractivity contribution is -0.126. The molecule has 6 heteroatoms. The van der Waals surface area contributed by atoms with Crippen LogP contribution in [0.4, 0.5) is 5.69 Å². The molecule has 1 fully saturated rings. The highest BCUT2D eigenvalue weighted by Gasteiger charge is 2.25. The van der Waals surface area contributed by atoms with E-state index in [9.17, 15) is 4.79 Å². The molecule has 2 heterocycles. The molecule has 5 nitrogen and oxygen atoms in total. The Kier molecular flexibility index (Phi) is 6.80. The normalized spacial score (nSPS) is 19.1. The quantitative estimate of drug-likeness (QED) is 0.716. The second kappa shape index (κ2) is 9.71. The van der Waals surface area contributed by atoms with Crippen LogP contribution >= 0.6 is 11.6 Å². The summed E-state index contributed by atoms with van der Waals surface area (Å²) in [6, 6.07) is 14.1. The van der Waals surface area contributed by atoms with E-state index in [2.05, 4.69) is 34.2 Å². The Hall–Kier alpha value is -2.24. The molecule has 160 valence electrons. The fourth-order valence-corrected chi connectivity index (χ4v) is 4.46. The van der Waals surface area contributed by atoms with Gasteiger partial charge in [-0.3, -0.25) is 9.69 Å². The number of carbonyl (C=O) groups is 1. The van der Waals surface area contributed by atoms with E-state index < -0.39 is 0 Å². The highest BCUT2D eigenvalue weighted by atomic mass is 35.5. The number of rotatable bonds is 6. The average molecular weight is 428 g/mol. The highest BCUT2D eigenvalue weighted by molar-refractivity contribution is 6.30. The third-order valence-corrected chi connectivity index (χ3v) is 6.32. The SMILES string of the molecule is Cc1ccc(Cl)cc1N1CCN(CCCNC(=O)[C@H]2COc3ccccc3C2)CC1. The maximum absolute atomic E-state index is 12.5. The lowest BCUT2D eigenvalue weighted by Gasteiger charge is -2.37. The maximum Gasteiger partial charge on any atom is 0.226 e. The summed E-state index contributed by atoms with van der Waals surface area (Å²) in [5.74, 6) is 0.920. The first-order valence-corrected chi connectivity index (χ1v) is 11.2. The summed E-state index contributed by atoms with van der Waals surface area (Å²) in [4.78, 5) is 17.4. The van der Waals surface area contributed by atoms with Gasteiger partial charge >= 0.3 is 0 Å². The minimum atomic E-state index is -0.0932. The first kappa shape index (κ1) is 21.0. The number of ether oxygens (including phenoxy) is 1. The molecule has 2 aromatic carbocycles. The summed E-state index contributed by atoms with van der Waals surface area (Å²) in [5.41, 5.74) is 3.63. The van der Waals surface area contributed by atoms with Gasteiger partial charge in [-0.25, -0.2) is 0 Å². The van der Waals surface area contributed by atoms with Crippen LogP contribution in [0.2, 0.25) is 5.02 Å². The van der Waals surface area contributed by atoms with Crippen molar-refractivity contribution in [2.45, 2.75) is 19.8 Å². The molecule has 0 aromatic heterocycles. The van der Waals surface area contributed by atoms with Gasteiger partial charge in [0.15, 0.2) is 0 Å². The fourth-order valence-electron chi connectivity index (χ4n) is 4.29. The molecule has 1 amide bonds. The van der Waals surface area contributed by atoms with Crippen molar-refractivity contribution in [1.82, 2.24) is 10.2 Å². The Balaban J connectivity index is 1.16. The Morgan fingerprint density at radius 2 is 1.97 bits per heavy atom. The molecule has 0 unspecified atom stereocenters. The van der Waals surface area contributed by atoms with Crippen molar-refractivity contribution in [2.75, 3.05) is 50.8 Å². The molecule has 2 aliphatic heterocycles. The zero-order valence-corrected chi connectivity index (χ0v) is 18.3. The lowest BCUT2D eigenvalue weighted by Crippen LogP contribution is -2.47. The van der Waals surface area contributed by atoms with Crippen LogP contribution in [-0.2, 0) is 11.2 Å². The number of aryl methyl sites for hydroxylation is 1. The van der Waals surface area contributed by atoms with Crippen LogP contribution in [-0.4, -0.2) is 56.7 Å². The van der Waals surface area contributed by atoms with E-state index in [1.54, 1.807) is 0 Å². The van der Waals surface area contributed by atoms with E-state index in [0.29, 0.717) is 13.2 Å². The molecule has 4 rings (SSSR count). The van der Waals surface area contributed by atoms with Gasteiger partial charge in [-0.1, -0.05) is 35.9 Å². The molecule has 0 aliphatic carbocycles. The van der Waals surface area contributed by atoms with E-state index in [1.807, 2.05) is 30.3 Å². The molecule has 2 aliphatic rings. The van der Waals surface area contributed by atoms with Crippen molar-refractivity contribution in [3.05, 3.63) is 58.6 Å². The maximum atomic E-state index is 12.5. The number of anilines is 1. The van der Waals surface area contributed by atoms with Gasteiger partial charge in [-0.05, 0) is 55.6 Å². The van der Waals surface area contributed by atoms with Gasteiger partial charge in [0, 0.05) is 43.4 Å². The molecule has 2 aromatic rings. The first-order valence-electron chi connectivity index (χ1n) is 10.8. The second-order valence-electron chi connectivity index (χ2n) is 8.22. The predicted octanol–water partition coefficient (Wildman–Crippen LogP) is 3.53. The van der Waals surface area contributed by atoms with Crippen molar-refractivity contribution in [3.8, 4) is 5.75 Å². The van der Waals surface area contributed by atoms with Crippen LogP contribution < -0.4 is 15.0 Å². The van der Waals surface area contributed by atoms with Gasteiger partial charge in [0.1, 0.15) is 12.4 Å². The van der Waals surface area contributed by atoms with Crippen LogP contribution in [0.25, 0.3) is 0 Å². The summed E-state index contributed by atoms with van der Waals surface area (Å²) in [7, 11) is 0. The summed E-state index contributed by atoms with van der Waals surface area (Å²) in [6.07, 6.45) is 1.72. The van der Waals surface area contributed by atoms with Gasteiger partial charge in [0.25, 0.3) is 0 Å². The van der Waals surface area contributed by atoms with Gasteiger partial charge in [-0.2, -0.15) is 0 Å². The van der Waals surface area contributed by atoms with Crippen molar-refractivity contribution >= 4 is 23.2 Å². The zero-order chi connectivity index (χ0) is 20.9. The van der Waals surface area contributed by atoms with Crippen molar-refractivity contribution in [3.63, 3.8) is 0 Å². The molecule has 30 heavy (non-hydrogen) atoms. The monoisotopic (exact) mass is 427 g/mol. The number of para-hydroxylation sites is 1. The van der Waals surface area contributed by atoms with Crippen molar-refractivity contribution in [2.24, 2.45) is 5.92 Å². The van der Waals surface area contributed by atoms with E-state index in [1.165, 1.54) is 11.3 Å². The summed E-state index contributed by atoms with van der Waals surface area (Å²) in [5, 5.41) is 3.89. The highest BCUT2D eigenvalue weighted by Crippen LogP contribution is 2.27. The minimum Gasteiger partial charge on any atom is -0.492 e. The molecule has 0 bridgehead atoms. The number of benzene rings is 2. The van der Waals surface area contributed by atoms with Gasteiger partial charge < -0.3 is 15.0 Å². The lowest BCUT2D eigenvalue weighted by atomic mass is 9.96. The van der Waals surface area contributed by atoms with E-state index in [-0.39, 0.29) is 11.8 Å². The molecular weight excluding hydrogens is 398 g/mol. The van der Waals surface area contributed by atoms with Crippen LogP contribution in [0, 0.1) is 12.8 Å². The standard InChI is InChI=1S/C24H30ClN3O2/c1-18-7-8-21(25)16-22(18)28-13-11-27(12-14-28)10-4-9-26-24(29)20-15-19-5-2-3-6-23(19)30-17-20/h2-3,5-8,16,20H,4,9-15,17H2,1H3,(H,26,29)/t20-/m1/s1. The van der Waals surface area contributed by atoms with Crippen LogP contribution in [0.5, 0.6) is 5.75 Å². The number of fused-ring (bicyclic) bond motifs is 1. The van der Waals surface area contributed by atoms with E-state index in [0.717, 1.165) is 61.9 Å². The smallest absolute Gasteiger partial charge is 0.226 e. The summed E-state index contributed by atoms with van der Waals surface area (Å²) in [6.45, 7) is 8.40. The Labute approximate surface area is 184 Å². The molecule has 0 saturated carbocycles. The third kappa shape index (κ3) is 5.08. The van der Waals surface area contributed by atoms with Crippen LogP contribution in [0.1, 0.15) is 17.5 Å². The number of piperazine rings is 1. The van der Waals surface area contributed by atoms with E-state index in [4.69, 9.17) is 16.3 Å².